The van der Waals surface area contributed by atoms with Gasteiger partial charge in [0.15, 0.2) is 5.82 Å². The topological polar surface area (TPSA) is 93.5 Å². The van der Waals surface area contributed by atoms with E-state index in [1.54, 1.807) is 6.07 Å². The fourth-order valence-corrected chi connectivity index (χ4v) is 4.16. The van der Waals surface area contributed by atoms with E-state index in [1.165, 1.54) is 18.2 Å². The van der Waals surface area contributed by atoms with Gasteiger partial charge in [0, 0.05) is 5.92 Å². The minimum absolute atomic E-state index is 0.000974. The maximum atomic E-state index is 14.3. The van der Waals surface area contributed by atoms with E-state index >= 15 is 0 Å². The number of nitrogens with one attached hydrogen (secondary N) is 1. The number of carbonyl (C=O) groups is 2. The minimum Gasteiger partial charge on any atom is -0.477 e. The summed E-state index contributed by atoms with van der Waals surface area (Å²) in [5.41, 5.74) is 4.00. The van der Waals surface area contributed by atoms with Gasteiger partial charge in [0.1, 0.15) is 23.7 Å². The molecule has 0 bridgehead atoms. The minimum atomic E-state index is -1.31. The van der Waals surface area contributed by atoms with E-state index in [1.807, 2.05) is 48.5 Å². The smallest absolute Gasteiger partial charge is 0.412 e. The van der Waals surface area contributed by atoms with Crippen molar-refractivity contribution in [2.24, 2.45) is 0 Å². The monoisotopic (exact) mass is 443 g/mol. The largest absolute Gasteiger partial charge is 0.477 e. The van der Waals surface area contributed by atoms with E-state index in [9.17, 15) is 19.1 Å². The van der Waals surface area contributed by atoms with Crippen molar-refractivity contribution in [3.05, 3.63) is 102 Å². The molecule has 1 aliphatic rings. The molecule has 164 valence electrons. The number of hydrogen-bond donors (Lipinski definition) is 2. The number of anilines is 1. The molecule has 1 heterocycles. The number of aromatic carboxylic acids is 1. The molecule has 1 aromatic heterocycles. The number of hydrogen-bond acceptors (Lipinski definition) is 4. The van der Waals surface area contributed by atoms with Crippen LogP contribution in [0.4, 0.5) is 15.0 Å². The number of carboxylic acid groups (broad SMARTS) is 1. The van der Waals surface area contributed by atoms with Crippen molar-refractivity contribution >= 4 is 17.9 Å². The summed E-state index contributed by atoms with van der Waals surface area (Å²) in [5, 5.41) is 15.9. The molecule has 0 fully saturated rings. The zero-order valence-electron chi connectivity index (χ0n) is 17.2. The van der Waals surface area contributed by atoms with Gasteiger partial charge in [-0.2, -0.15) is 5.10 Å². The molecule has 1 aliphatic carbocycles. The van der Waals surface area contributed by atoms with E-state index in [2.05, 4.69) is 10.4 Å². The molecule has 0 atom stereocenters. The Kier molecular flexibility index (Phi) is 5.10. The van der Waals surface area contributed by atoms with Crippen LogP contribution < -0.4 is 5.32 Å². The van der Waals surface area contributed by atoms with E-state index in [0.717, 1.165) is 33.1 Å². The lowest BCUT2D eigenvalue weighted by Gasteiger charge is -2.15. The van der Waals surface area contributed by atoms with Gasteiger partial charge in [0.25, 0.3) is 0 Å². The maximum Gasteiger partial charge on any atom is 0.412 e. The third-order valence-electron chi connectivity index (χ3n) is 5.64. The van der Waals surface area contributed by atoms with Gasteiger partial charge in [-0.25, -0.2) is 18.7 Å². The molecule has 0 aliphatic heterocycles. The van der Waals surface area contributed by atoms with Crippen LogP contribution in [0.5, 0.6) is 0 Å². The summed E-state index contributed by atoms with van der Waals surface area (Å²) in [5.74, 6) is -2.27. The predicted octanol–water partition coefficient (Wildman–Crippen LogP) is 5.07. The summed E-state index contributed by atoms with van der Waals surface area (Å²) < 4.78 is 20.8. The zero-order valence-corrected chi connectivity index (χ0v) is 17.2. The number of para-hydroxylation sites is 1. The molecule has 4 aromatic rings. The van der Waals surface area contributed by atoms with Gasteiger partial charge in [-0.1, -0.05) is 60.7 Å². The molecule has 0 radical (unpaired) electrons. The highest BCUT2D eigenvalue weighted by molar-refractivity contribution is 5.98. The molecule has 1 amide bonds. The molecule has 7 nitrogen and oxygen atoms in total. The SMILES string of the molecule is O=C(Nc1c(C(=O)O)cnn1-c1ccccc1F)OCC1c2ccccc2-c2ccccc21. The second kappa shape index (κ2) is 8.23. The third-order valence-corrected chi connectivity index (χ3v) is 5.64. The maximum absolute atomic E-state index is 14.3. The molecule has 0 spiro atoms. The molecule has 8 heteroatoms. The van der Waals surface area contributed by atoms with Gasteiger partial charge in [-0.3, -0.25) is 5.32 Å². The van der Waals surface area contributed by atoms with Crippen LogP contribution >= 0.6 is 0 Å². The van der Waals surface area contributed by atoms with Crippen molar-refractivity contribution < 1.29 is 23.8 Å². The van der Waals surface area contributed by atoms with Crippen LogP contribution in [-0.4, -0.2) is 33.6 Å². The molecule has 33 heavy (non-hydrogen) atoms. The number of nitrogens with zero attached hydrogens (tertiary/aromatic N) is 2. The number of fused-ring (bicyclic) bond motifs is 3. The molecule has 3 aromatic carbocycles. The summed E-state index contributed by atoms with van der Waals surface area (Å²) in [4.78, 5) is 24.3. The lowest BCUT2D eigenvalue weighted by molar-refractivity contribution is 0.0698. The van der Waals surface area contributed by atoms with Gasteiger partial charge in [-0.15, -0.1) is 0 Å². The lowest BCUT2D eigenvalue weighted by atomic mass is 9.98. The van der Waals surface area contributed by atoms with Crippen molar-refractivity contribution in [3.8, 4) is 16.8 Å². The molecule has 5 rings (SSSR count). The molecule has 0 saturated heterocycles. The number of amides is 1. The van der Waals surface area contributed by atoms with E-state index in [0.29, 0.717) is 0 Å². The quantitative estimate of drug-likeness (QED) is 0.449. The molecule has 0 unspecified atom stereocenters. The summed E-state index contributed by atoms with van der Waals surface area (Å²) >= 11 is 0. The zero-order chi connectivity index (χ0) is 22.9. The Morgan fingerprint density at radius 3 is 2.21 bits per heavy atom. The van der Waals surface area contributed by atoms with Gasteiger partial charge in [0.05, 0.1) is 6.20 Å². The first-order chi connectivity index (χ1) is 16.0. The molecule has 2 N–H and O–H groups in total. The first-order valence-corrected chi connectivity index (χ1v) is 10.2. The number of rotatable bonds is 5. The van der Waals surface area contributed by atoms with E-state index < -0.39 is 17.9 Å². The number of carboxylic acids is 1. The Hall–Kier alpha value is -4.46. The fraction of sp³-hybridized carbons (Fsp3) is 0.0800. The Morgan fingerprint density at radius 1 is 0.970 bits per heavy atom. The van der Waals surface area contributed by atoms with Gasteiger partial charge in [0.2, 0.25) is 0 Å². The highest BCUT2D eigenvalue weighted by Crippen LogP contribution is 2.44. The van der Waals surface area contributed by atoms with Gasteiger partial charge >= 0.3 is 12.1 Å². The van der Waals surface area contributed by atoms with Crippen molar-refractivity contribution in [2.75, 3.05) is 11.9 Å². The van der Waals surface area contributed by atoms with Crippen LogP contribution in [0.25, 0.3) is 16.8 Å². The Labute approximate surface area is 188 Å². The molecule has 0 saturated carbocycles. The van der Waals surface area contributed by atoms with Gasteiger partial charge < -0.3 is 9.84 Å². The average molecular weight is 443 g/mol. The van der Waals surface area contributed by atoms with Crippen LogP contribution in [0.2, 0.25) is 0 Å². The molecular formula is C25H18FN3O4. The number of carbonyl (C=O) groups excluding carboxylic acids is 1. The molecular weight excluding hydrogens is 425 g/mol. The van der Waals surface area contributed by atoms with Crippen molar-refractivity contribution in [1.82, 2.24) is 9.78 Å². The van der Waals surface area contributed by atoms with Crippen LogP contribution in [0.1, 0.15) is 27.4 Å². The van der Waals surface area contributed by atoms with Crippen molar-refractivity contribution in [3.63, 3.8) is 0 Å². The Balaban J connectivity index is 1.39. The number of ether oxygens (including phenoxy) is 1. The van der Waals surface area contributed by atoms with Crippen LogP contribution in [0, 0.1) is 5.82 Å². The first-order valence-electron chi connectivity index (χ1n) is 10.2. The number of aromatic nitrogens is 2. The highest BCUT2D eigenvalue weighted by atomic mass is 19.1. The summed E-state index contributed by atoms with van der Waals surface area (Å²) in [6, 6.07) is 21.6. The summed E-state index contributed by atoms with van der Waals surface area (Å²) in [6.45, 7) is 0.0517. The normalized spacial score (nSPS) is 12.2. The van der Waals surface area contributed by atoms with Gasteiger partial charge in [-0.05, 0) is 34.4 Å². The number of benzene rings is 3. The van der Waals surface area contributed by atoms with Crippen molar-refractivity contribution in [2.45, 2.75) is 5.92 Å². The second-order valence-corrected chi connectivity index (χ2v) is 7.53. The Morgan fingerprint density at radius 2 is 1.58 bits per heavy atom. The average Bonchev–Trinajstić information content (AvgIpc) is 3.37. The Bertz CT molecular complexity index is 1340. The summed E-state index contributed by atoms with van der Waals surface area (Å²) in [7, 11) is 0. The van der Waals surface area contributed by atoms with Crippen molar-refractivity contribution in [1.29, 1.82) is 0 Å². The lowest BCUT2D eigenvalue weighted by Crippen LogP contribution is -2.21. The fourth-order valence-electron chi connectivity index (χ4n) is 4.16. The van der Waals surface area contributed by atoms with Crippen LogP contribution in [-0.2, 0) is 4.74 Å². The predicted molar refractivity (Wildman–Crippen MR) is 119 cm³/mol. The van der Waals surface area contributed by atoms with Crippen LogP contribution in [0.15, 0.2) is 79.0 Å². The van der Waals surface area contributed by atoms with E-state index in [-0.39, 0.29) is 29.6 Å². The van der Waals surface area contributed by atoms with E-state index in [4.69, 9.17) is 4.74 Å². The third kappa shape index (κ3) is 3.61. The summed E-state index contributed by atoms with van der Waals surface area (Å²) in [6.07, 6.45) is 0.186. The highest BCUT2D eigenvalue weighted by Gasteiger charge is 2.29. The van der Waals surface area contributed by atoms with Crippen LogP contribution in [0.3, 0.4) is 0 Å². The first kappa shape index (κ1) is 20.4. The number of halogens is 1. The second-order valence-electron chi connectivity index (χ2n) is 7.53. The standard InChI is InChI=1S/C25H18FN3O4/c26-21-11-5-6-12-22(21)29-23(19(13-27-29)24(30)31)28-25(32)33-14-20-17-9-3-1-7-15(17)16-8-2-4-10-18(16)20/h1-13,20H,14H2,(H,28,32)(H,30,31).